The van der Waals surface area contributed by atoms with Crippen LogP contribution >= 0.6 is 0 Å². The van der Waals surface area contributed by atoms with Crippen molar-refractivity contribution in [3.8, 4) is 0 Å². The van der Waals surface area contributed by atoms with E-state index in [1.165, 1.54) is 12.8 Å². The summed E-state index contributed by atoms with van der Waals surface area (Å²) in [5.41, 5.74) is 0. The first kappa shape index (κ1) is 9.43. The standard InChI is InChI=1S/C14H18O2/c15-13-9-5-6-10(14(13)16)12-8-2-1-7(3-4-8)11(9)12/h1-2,5-16H,3-4H2/t7-,8+,9-,10+,11+,12-,13-,14+. The van der Waals surface area contributed by atoms with Crippen LogP contribution in [0, 0.1) is 35.5 Å². The number of aliphatic hydroxyl groups excluding tert-OH is 2. The molecule has 2 nitrogen and oxygen atoms in total. The van der Waals surface area contributed by atoms with E-state index in [0.29, 0.717) is 23.7 Å². The second kappa shape index (κ2) is 2.99. The summed E-state index contributed by atoms with van der Waals surface area (Å²) < 4.78 is 0. The van der Waals surface area contributed by atoms with Gasteiger partial charge < -0.3 is 10.2 Å². The van der Waals surface area contributed by atoms with Crippen molar-refractivity contribution in [1.82, 2.24) is 0 Å². The number of rotatable bonds is 0. The molecular formula is C14H18O2. The third-order valence-corrected chi connectivity index (χ3v) is 5.46. The van der Waals surface area contributed by atoms with E-state index in [-0.39, 0.29) is 11.8 Å². The number of fused-ring (bicyclic) bond motifs is 2. The number of hydrogen-bond donors (Lipinski definition) is 2. The van der Waals surface area contributed by atoms with Crippen molar-refractivity contribution in [1.29, 1.82) is 0 Å². The lowest BCUT2D eigenvalue weighted by Gasteiger charge is -2.58. The van der Waals surface area contributed by atoms with E-state index in [4.69, 9.17) is 0 Å². The quantitative estimate of drug-likeness (QED) is 0.603. The third kappa shape index (κ3) is 0.957. The van der Waals surface area contributed by atoms with E-state index in [2.05, 4.69) is 24.3 Å². The number of aliphatic hydroxyl groups is 2. The highest BCUT2D eigenvalue weighted by atomic mass is 16.3. The molecule has 8 atom stereocenters. The minimum Gasteiger partial charge on any atom is -0.390 e. The summed E-state index contributed by atoms with van der Waals surface area (Å²) in [6.45, 7) is 0. The van der Waals surface area contributed by atoms with E-state index in [9.17, 15) is 10.2 Å². The highest BCUT2D eigenvalue weighted by Gasteiger charge is 2.56. The van der Waals surface area contributed by atoms with Crippen LogP contribution in [0.3, 0.4) is 0 Å². The van der Waals surface area contributed by atoms with Crippen LogP contribution in [0.5, 0.6) is 0 Å². The summed E-state index contributed by atoms with van der Waals surface area (Å²) >= 11 is 0. The summed E-state index contributed by atoms with van der Waals surface area (Å²) in [7, 11) is 0. The molecule has 0 aliphatic heterocycles. The van der Waals surface area contributed by atoms with Crippen molar-refractivity contribution in [3.63, 3.8) is 0 Å². The molecule has 4 bridgehead atoms. The average Bonchev–Trinajstić information content (AvgIpc) is 2.36. The molecule has 0 radical (unpaired) electrons. The van der Waals surface area contributed by atoms with Gasteiger partial charge in [-0.3, -0.25) is 0 Å². The Bertz CT molecular complexity index is 339. The van der Waals surface area contributed by atoms with Gasteiger partial charge in [-0.05, 0) is 36.5 Å². The lowest BCUT2D eigenvalue weighted by atomic mass is 9.48. The molecule has 0 heterocycles. The fraction of sp³-hybridized carbons (Fsp3) is 0.714. The smallest absolute Gasteiger partial charge is 0.0870 e. The van der Waals surface area contributed by atoms with Crippen LogP contribution in [-0.2, 0) is 0 Å². The van der Waals surface area contributed by atoms with Gasteiger partial charge in [-0.2, -0.15) is 0 Å². The Hall–Kier alpha value is -0.600. The largest absolute Gasteiger partial charge is 0.390 e. The Morgan fingerprint density at radius 3 is 1.50 bits per heavy atom. The van der Waals surface area contributed by atoms with Gasteiger partial charge in [0.1, 0.15) is 0 Å². The highest BCUT2D eigenvalue weighted by Crippen LogP contribution is 2.58. The van der Waals surface area contributed by atoms with E-state index < -0.39 is 12.2 Å². The van der Waals surface area contributed by atoms with E-state index >= 15 is 0 Å². The molecule has 0 aromatic carbocycles. The van der Waals surface area contributed by atoms with Crippen LogP contribution in [0.4, 0.5) is 0 Å². The zero-order valence-corrected chi connectivity index (χ0v) is 9.24. The Morgan fingerprint density at radius 1 is 0.688 bits per heavy atom. The monoisotopic (exact) mass is 218 g/mol. The van der Waals surface area contributed by atoms with Crippen molar-refractivity contribution >= 4 is 0 Å². The summed E-state index contributed by atoms with van der Waals surface area (Å²) in [4.78, 5) is 0. The molecular weight excluding hydrogens is 200 g/mol. The summed E-state index contributed by atoms with van der Waals surface area (Å²) in [6, 6.07) is 0. The van der Waals surface area contributed by atoms with Crippen molar-refractivity contribution < 1.29 is 10.2 Å². The van der Waals surface area contributed by atoms with Gasteiger partial charge in [-0.1, -0.05) is 24.3 Å². The molecule has 6 aliphatic rings. The number of hydrogen-bond acceptors (Lipinski definition) is 2. The summed E-state index contributed by atoms with van der Waals surface area (Å²) in [5.74, 6) is 2.88. The third-order valence-electron chi connectivity index (χ3n) is 5.46. The lowest BCUT2D eigenvalue weighted by Crippen LogP contribution is -2.59. The molecule has 2 heteroatoms. The topological polar surface area (TPSA) is 40.5 Å². The van der Waals surface area contributed by atoms with Crippen molar-refractivity contribution in [3.05, 3.63) is 24.3 Å². The van der Waals surface area contributed by atoms with Gasteiger partial charge in [0.05, 0.1) is 12.2 Å². The molecule has 2 N–H and O–H groups in total. The van der Waals surface area contributed by atoms with E-state index in [0.717, 1.165) is 0 Å². The minimum absolute atomic E-state index is 0.197. The molecule has 0 aromatic rings. The normalized spacial score (nSPS) is 61.4. The fourth-order valence-corrected chi connectivity index (χ4v) is 4.81. The summed E-state index contributed by atoms with van der Waals surface area (Å²) in [6.07, 6.45) is 10.6. The van der Waals surface area contributed by atoms with Gasteiger partial charge in [-0.15, -0.1) is 0 Å². The molecule has 0 spiro atoms. The van der Waals surface area contributed by atoms with Crippen LogP contribution in [0.2, 0.25) is 0 Å². The van der Waals surface area contributed by atoms with Gasteiger partial charge in [0.25, 0.3) is 0 Å². The molecule has 0 aromatic heterocycles. The van der Waals surface area contributed by atoms with Gasteiger partial charge in [0, 0.05) is 11.8 Å². The predicted molar refractivity (Wildman–Crippen MR) is 60.5 cm³/mol. The van der Waals surface area contributed by atoms with Crippen molar-refractivity contribution in [2.24, 2.45) is 35.5 Å². The van der Waals surface area contributed by atoms with Crippen molar-refractivity contribution in [2.45, 2.75) is 25.0 Å². The first-order valence-corrected chi connectivity index (χ1v) is 6.50. The Morgan fingerprint density at radius 2 is 1.12 bits per heavy atom. The molecule has 2 fully saturated rings. The average molecular weight is 218 g/mol. The molecule has 6 aliphatic carbocycles. The predicted octanol–water partition coefficient (Wildman–Crippen LogP) is 1.35. The second-order valence-electron chi connectivity index (χ2n) is 5.97. The molecule has 86 valence electrons. The van der Waals surface area contributed by atoms with Crippen molar-refractivity contribution in [2.75, 3.05) is 0 Å². The maximum absolute atomic E-state index is 10.1. The van der Waals surface area contributed by atoms with Crippen LogP contribution in [0.15, 0.2) is 24.3 Å². The number of allylic oxidation sites excluding steroid dienone is 2. The highest BCUT2D eigenvalue weighted by molar-refractivity contribution is 5.24. The molecule has 0 saturated heterocycles. The molecule has 6 rings (SSSR count). The second-order valence-corrected chi connectivity index (χ2v) is 5.97. The molecule has 0 amide bonds. The van der Waals surface area contributed by atoms with Gasteiger partial charge in [-0.25, -0.2) is 0 Å². The molecule has 2 saturated carbocycles. The van der Waals surface area contributed by atoms with Gasteiger partial charge >= 0.3 is 0 Å². The Balaban J connectivity index is 1.81. The zero-order chi connectivity index (χ0) is 10.9. The zero-order valence-electron chi connectivity index (χ0n) is 9.24. The van der Waals surface area contributed by atoms with Gasteiger partial charge in [0.2, 0.25) is 0 Å². The fourth-order valence-electron chi connectivity index (χ4n) is 4.81. The van der Waals surface area contributed by atoms with Crippen LogP contribution in [-0.4, -0.2) is 22.4 Å². The van der Waals surface area contributed by atoms with E-state index in [1.54, 1.807) is 0 Å². The van der Waals surface area contributed by atoms with Crippen LogP contribution < -0.4 is 0 Å². The van der Waals surface area contributed by atoms with Gasteiger partial charge in [0.15, 0.2) is 0 Å². The maximum atomic E-state index is 10.1. The Kier molecular flexibility index (Phi) is 1.76. The lowest BCUT2D eigenvalue weighted by molar-refractivity contribution is -0.141. The Labute approximate surface area is 95.7 Å². The first-order chi connectivity index (χ1) is 7.77. The first-order valence-electron chi connectivity index (χ1n) is 6.50. The van der Waals surface area contributed by atoms with Crippen LogP contribution in [0.25, 0.3) is 0 Å². The maximum Gasteiger partial charge on any atom is 0.0870 e. The van der Waals surface area contributed by atoms with Crippen LogP contribution in [0.1, 0.15) is 12.8 Å². The molecule has 16 heavy (non-hydrogen) atoms. The SMILES string of the molecule is O[C@@H]1[C@H](O)[C@@H]2C=C[C@H]1[C@@H]1[C@H]2[C@@H]2C=C[C@H]1CC2. The minimum atomic E-state index is -0.524. The summed E-state index contributed by atoms with van der Waals surface area (Å²) in [5, 5.41) is 20.2. The molecule has 0 unspecified atom stereocenters. The van der Waals surface area contributed by atoms with E-state index in [1.807, 2.05) is 0 Å².